The molecule has 1 aliphatic heterocycles. The van der Waals surface area contributed by atoms with Crippen molar-refractivity contribution in [2.24, 2.45) is 5.92 Å². The number of carbonyl (C=O) groups excluding carboxylic acids is 2. The molecule has 0 bridgehead atoms. The molecule has 1 saturated heterocycles. The van der Waals surface area contributed by atoms with E-state index in [1.54, 1.807) is 55.5 Å². The van der Waals surface area contributed by atoms with Gasteiger partial charge in [-0.15, -0.1) is 0 Å². The molecule has 7 heteroatoms. The summed E-state index contributed by atoms with van der Waals surface area (Å²) in [4.78, 5) is 26.8. The fraction of sp³-hybridized carbons (Fsp3) is 0.300. The van der Waals surface area contributed by atoms with Crippen molar-refractivity contribution in [2.75, 3.05) is 25.7 Å². The molecule has 3 rings (SSSR count). The van der Waals surface area contributed by atoms with E-state index in [1.165, 1.54) is 0 Å². The number of rotatable bonds is 6. The smallest absolute Gasteiger partial charge is 0.239 e. The molecule has 0 aromatic heterocycles. The Labute approximate surface area is 163 Å². The number of amides is 2. The average molecular weight is 389 g/mol. The molecule has 142 valence electrons. The van der Waals surface area contributed by atoms with E-state index in [9.17, 15) is 9.59 Å². The van der Waals surface area contributed by atoms with Crippen LogP contribution in [0.15, 0.2) is 42.5 Å². The van der Waals surface area contributed by atoms with Gasteiger partial charge >= 0.3 is 0 Å². The zero-order chi connectivity index (χ0) is 19.4. The maximum absolute atomic E-state index is 12.6. The zero-order valence-corrected chi connectivity index (χ0v) is 16.0. The lowest BCUT2D eigenvalue weighted by Gasteiger charge is -2.17. The first-order valence-corrected chi connectivity index (χ1v) is 8.97. The van der Waals surface area contributed by atoms with Gasteiger partial charge in [0.25, 0.3) is 0 Å². The number of methoxy groups -OCH3 is 2. The van der Waals surface area contributed by atoms with Crippen molar-refractivity contribution in [1.29, 1.82) is 0 Å². The molecule has 1 N–H and O–H groups in total. The van der Waals surface area contributed by atoms with E-state index in [4.69, 9.17) is 21.1 Å². The summed E-state index contributed by atoms with van der Waals surface area (Å²) in [5, 5.41) is 3.44. The Morgan fingerprint density at radius 1 is 1.19 bits per heavy atom. The zero-order valence-electron chi connectivity index (χ0n) is 15.2. The highest BCUT2D eigenvalue weighted by Gasteiger charge is 2.37. The van der Waals surface area contributed by atoms with Gasteiger partial charge in [0, 0.05) is 35.4 Å². The fourth-order valence-corrected chi connectivity index (χ4v) is 3.23. The lowest BCUT2D eigenvalue weighted by molar-refractivity contribution is -0.132. The molecule has 2 aromatic rings. The molecular formula is C20H21ClN2O4. The van der Waals surface area contributed by atoms with Gasteiger partial charge in [0.15, 0.2) is 0 Å². The molecule has 1 atom stereocenters. The number of nitrogens with one attached hydrogen (secondary N) is 1. The molecule has 1 heterocycles. The first-order chi connectivity index (χ1) is 13.0. The van der Waals surface area contributed by atoms with Crippen LogP contribution in [0.25, 0.3) is 0 Å². The fourth-order valence-electron chi connectivity index (χ4n) is 3.10. The van der Waals surface area contributed by atoms with Crippen LogP contribution in [0, 0.1) is 5.92 Å². The van der Waals surface area contributed by atoms with Crippen molar-refractivity contribution in [3.63, 3.8) is 0 Å². The van der Waals surface area contributed by atoms with Crippen LogP contribution in [0.1, 0.15) is 12.0 Å². The average Bonchev–Trinajstić information content (AvgIpc) is 3.08. The van der Waals surface area contributed by atoms with Gasteiger partial charge in [0.05, 0.1) is 14.2 Å². The minimum absolute atomic E-state index is 0.198. The van der Waals surface area contributed by atoms with E-state index in [-0.39, 0.29) is 18.4 Å². The van der Waals surface area contributed by atoms with Crippen molar-refractivity contribution in [1.82, 2.24) is 5.32 Å². The molecule has 0 radical (unpaired) electrons. The van der Waals surface area contributed by atoms with E-state index in [1.807, 2.05) is 6.07 Å². The van der Waals surface area contributed by atoms with Crippen molar-refractivity contribution in [2.45, 2.75) is 13.0 Å². The predicted molar refractivity (Wildman–Crippen MR) is 103 cm³/mol. The Morgan fingerprint density at radius 3 is 2.59 bits per heavy atom. The summed E-state index contributed by atoms with van der Waals surface area (Å²) in [6.07, 6.45) is 0.479. The van der Waals surface area contributed by atoms with Crippen LogP contribution in [0.2, 0.25) is 5.02 Å². The van der Waals surface area contributed by atoms with Gasteiger partial charge in [0.1, 0.15) is 17.4 Å². The highest BCUT2D eigenvalue weighted by molar-refractivity contribution is 6.30. The standard InChI is InChI=1S/C20H21ClN2O4/c1-26-16-8-3-13(18(11-16)27-2)12-22-19(24)17-9-10-23(20(17)25)15-6-4-14(21)5-7-15/h3-8,11,17H,9-10,12H2,1-2H3,(H,22,24). The van der Waals surface area contributed by atoms with Crippen molar-refractivity contribution in [3.8, 4) is 11.5 Å². The van der Waals surface area contributed by atoms with E-state index >= 15 is 0 Å². The van der Waals surface area contributed by atoms with Crippen molar-refractivity contribution < 1.29 is 19.1 Å². The SMILES string of the molecule is COc1ccc(CNC(=O)C2CCN(c3ccc(Cl)cc3)C2=O)c(OC)c1. The van der Waals surface area contributed by atoms with Crippen molar-refractivity contribution in [3.05, 3.63) is 53.1 Å². The minimum atomic E-state index is -0.690. The maximum Gasteiger partial charge on any atom is 0.239 e. The molecule has 2 aromatic carbocycles. The second kappa shape index (κ2) is 8.31. The van der Waals surface area contributed by atoms with Crippen LogP contribution >= 0.6 is 11.6 Å². The number of halogens is 1. The monoisotopic (exact) mass is 388 g/mol. The third-order valence-electron chi connectivity index (χ3n) is 4.61. The number of ether oxygens (including phenoxy) is 2. The van der Waals surface area contributed by atoms with Crippen LogP contribution in [0.3, 0.4) is 0 Å². The van der Waals surface area contributed by atoms with Crippen LogP contribution in [-0.2, 0) is 16.1 Å². The second-order valence-corrected chi connectivity index (χ2v) is 6.64. The summed E-state index contributed by atoms with van der Waals surface area (Å²) < 4.78 is 10.5. The molecule has 27 heavy (non-hydrogen) atoms. The second-order valence-electron chi connectivity index (χ2n) is 6.20. The van der Waals surface area contributed by atoms with Gasteiger partial charge in [-0.3, -0.25) is 9.59 Å². The number of anilines is 1. The van der Waals surface area contributed by atoms with Crippen molar-refractivity contribution >= 4 is 29.1 Å². The molecule has 0 aliphatic carbocycles. The number of nitrogens with zero attached hydrogens (tertiary/aromatic N) is 1. The largest absolute Gasteiger partial charge is 0.497 e. The number of hydrogen-bond donors (Lipinski definition) is 1. The number of benzene rings is 2. The van der Waals surface area contributed by atoms with Crippen LogP contribution in [0.5, 0.6) is 11.5 Å². The van der Waals surface area contributed by atoms with Crippen LogP contribution < -0.4 is 19.7 Å². The molecule has 0 spiro atoms. The van der Waals surface area contributed by atoms with Gasteiger partial charge in [-0.05, 0) is 42.8 Å². The summed E-state index contributed by atoms with van der Waals surface area (Å²) in [5.41, 5.74) is 1.56. The van der Waals surface area contributed by atoms with Gasteiger partial charge in [-0.25, -0.2) is 0 Å². The van der Waals surface area contributed by atoms with E-state index in [2.05, 4.69) is 5.32 Å². The summed E-state index contributed by atoms with van der Waals surface area (Å²) in [7, 11) is 3.14. The molecule has 1 aliphatic rings. The topological polar surface area (TPSA) is 67.9 Å². The van der Waals surface area contributed by atoms with Crippen LogP contribution in [0.4, 0.5) is 5.69 Å². The summed E-state index contributed by atoms with van der Waals surface area (Å²) in [6.45, 7) is 0.779. The Kier molecular flexibility index (Phi) is 5.86. The molecule has 0 saturated carbocycles. The predicted octanol–water partition coefficient (Wildman–Crippen LogP) is 3.03. The number of carbonyl (C=O) groups is 2. The summed E-state index contributed by atoms with van der Waals surface area (Å²) in [6, 6.07) is 12.4. The van der Waals surface area contributed by atoms with E-state index in [0.29, 0.717) is 29.5 Å². The third-order valence-corrected chi connectivity index (χ3v) is 4.86. The highest BCUT2D eigenvalue weighted by Crippen LogP contribution is 2.27. The maximum atomic E-state index is 12.6. The molecule has 2 amide bonds. The minimum Gasteiger partial charge on any atom is -0.497 e. The molecule has 1 unspecified atom stereocenters. The number of hydrogen-bond acceptors (Lipinski definition) is 4. The lowest BCUT2D eigenvalue weighted by atomic mass is 10.1. The summed E-state index contributed by atoms with van der Waals surface area (Å²) >= 11 is 5.89. The molecular weight excluding hydrogens is 368 g/mol. The van der Waals surface area contributed by atoms with E-state index in [0.717, 1.165) is 11.3 Å². The Bertz CT molecular complexity index is 838. The Hall–Kier alpha value is -2.73. The first kappa shape index (κ1) is 19.0. The van der Waals surface area contributed by atoms with Gasteiger partial charge in [-0.1, -0.05) is 11.6 Å². The summed E-state index contributed by atoms with van der Waals surface area (Å²) in [5.74, 6) is 0.123. The van der Waals surface area contributed by atoms with Crippen LogP contribution in [-0.4, -0.2) is 32.6 Å². The quantitative estimate of drug-likeness (QED) is 0.772. The Balaban J connectivity index is 1.63. The van der Waals surface area contributed by atoms with Gasteiger partial charge < -0.3 is 19.7 Å². The van der Waals surface area contributed by atoms with Gasteiger partial charge in [-0.2, -0.15) is 0 Å². The molecule has 6 nitrogen and oxygen atoms in total. The Morgan fingerprint density at radius 2 is 1.93 bits per heavy atom. The third kappa shape index (κ3) is 4.17. The lowest BCUT2D eigenvalue weighted by Crippen LogP contribution is -2.36. The normalized spacial score (nSPS) is 16.3. The van der Waals surface area contributed by atoms with Gasteiger partial charge in [0.2, 0.25) is 11.8 Å². The first-order valence-electron chi connectivity index (χ1n) is 8.59. The highest BCUT2D eigenvalue weighted by atomic mass is 35.5. The van der Waals surface area contributed by atoms with E-state index < -0.39 is 5.92 Å². The molecule has 1 fully saturated rings.